The number of benzene rings is 2. The lowest BCUT2D eigenvalue weighted by molar-refractivity contribution is -0.0515. The molecule has 0 unspecified atom stereocenters. The fourth-order valence-corrected chi connectivity index (χ4v) is 4.57. The standard InChI is InChI=1S/C29H31F4N5O5/c1-16(34)25-24(36-26(43-25)18-5-7-22(42-28(32)33)23(12-18)41-15-17-2-3-17)27(39)37-8-10-38(11-9-37)29(40)35-14-19-4-6-20(30)13-21(19)31/h4-7,12-13,16-17,28H,2-3,8-11,14-15,34H2,1H3,(H,35,40)/t16-/m0/s1. The Hall–Kier alpha value is -4.33. The predicted octanol–water partition coefficient (Wildman–Crippen LogP) is 4.70. The molecule has 1 saturated carbocycles. The molecule has 10 nitrogen and oxygen atoms in total. The Kier molecular flexibility index (Phi) is 9.04. The molecule has 0 radical (unpaired) electrons. The van der Waals surface area contributed by atoms with Crippen LogP contribution in [0.15, 0.2) is 40.8 Å². The molecule has 1 atom stereocenters. The molecule has 14 heteroatoms. The summed E-state index contributed by atoms with van der Waals surface area (Å²) in [6.07, 6.45) is 2.01. The Bertz CT molecular complexity index is 1470. The van der Waals surface area contributed by atoms with Gasteiger partial charge in [-0.2, -0.15) is 8.78 Å². The number of urea groups is 1. The van der Waals surface area contributed by atoms with Gasteiger partial charge in [0.1, 0.15) is 11.6 Å². The van der Waals surface area contributed by atoms with Gasteiger partial charge in [-0.3, -0.25) is 4.79 Å². The summed E-state index contributed by atoms with van der Waals surface area (Å²) in [6, 6.07) is 6.26. The highest BCUT2D eigenvalue weighted by Gasteiger charge is 2.31. The van der Waals surface area contributed by atoms with E-state index in [1.54, 1.807) is 6.92 Å². The number of hydrogen-bond donors (Lipinski definition) is 2. The van der Waals surface area contributed by atoms with Crippen LogP contribution in [0.25, 0.3) is 11.5 Å². The normalized spacial score (nSPS) is 15.9. The van der Waals surface area contributed by atoms with Gasteiger partial charge >= 0.3 is 12.6 Å². The predicted molar refractivity (Wildman–Crippen MR) is 145 cm³/mol. The molecule has 3 aromatic rings. The highest BCUT2D eigenvalue weighted by atomic mass is 19.3. The van der Waals surface area contributed by atoms with Crippen molar-refractivity contribution in [2.45, 2.75) is 39.0 Å². The van der Waals surface area contributed by atoms with Crippen LogP contribution in [-0.4, -0.2) is 66.1 Å². The lowest BCUT2D eigenvalue weighted by atomic mass is 10.2. The zero-order valence-electron chi connectivity index (χ0n) is 23.3. The average Bonchev–Trinajstić information content (AvgIpc) is 3.70. The highest BCUT2D eigenvalue weighted by Crippen LogP contribution is 2.37. The molecule has 43 heavy (non-hydrogen) atoms. The van der Waals surface area contributed by atoms with E-state index in [-0.39, 0.29) is 67.1 Å². The van der Waals surface area contributed by atoms with E-state index < -0.39 is 36.2 Å². The van der Waals surface area contributed by atoms with Gasteiger partial charge in [0.25, 0.3) is 5.91 Å². The third-order valence-electron chi connectivity index (χ3n) is 7.15. The zero-order chi connectivity index (χ0) is 30.7. The summed E-state index contributed by atoms with van der Waals surface area (Å²) in [7, 11) is 0. The van der Waals surface area contributed by atoms with E-state index in [2.05, 4.69) is 15.0 Å². The number of ether oxygens (including phenoxy) is 2. The van der Waals surface area contributed by atoms with Crippen molar-refractivity contribution < 1.29 is 41.0 Å². The number of aromatic nitrogens is 1. The molecule has 5 rings (SSSR count). The third kappa shape index (κ3) is 7.37. The molecule has 3 amide bonds. The first kappa shape index (κ1) is 30.1. The smallest absolute Gasteiger partial charge is 0.387 e. The first-order valence-corrected chi connectivity index (χ1v) is 13.8. The van der Waals surface area contributed by atoms with E-state index in [1.807, 2.05) is 0 Å². The number of alkyl halides is 2. The van der Waals surface area contributed by atoms with Crippen molar-refractivity contribution >= 4 is 11.9 Å². The Labute approximate surface area is 244 Å². The summed E-state index contributed by atoms with van der Waals surface area (Å²) >= 11 is 0. The van der Waals surface area contributed by atoms with Crippen molar-refractivity contribution in [3.63, 3.8) is 0 Å². The molecule has 0 spiro atoms. The second-order valence-corrected chi connectivity index (χ2v) is 10.5. The van der Waals surface area contributed by atoms with Crippen molar-refractivity contribution in [2.75, 3.05) is 32.8 Å². The number of carbonyl (C=O) groups is 2. The summed E-state index contributed by atoms with van der Waals surface area (Å²) in [5.41, 5.74) is 6.62. The summed E-state index contributed by atoms with van der Waals surface area (Å²) < 4.78 is 69.1. The van der Waals surface area contributed by atoms with Crippen LogP contribution in [-0.2, 0) is 6.54 Å². The van der Waals surface area contributed by atoms with Gasteiger partial charge in [0.05, 0.1) is 12.6 Å². The second kappa shape index (κ2) is 12.9. The molecule has 2 heterocycles. The number of carbonyl (C=O) groups excluding carboxylic acids is 2. The molecule has 1 aromatic heterocycles. The van der Waals surface area contributed by atoms with Crippen LogP contribution in [0.3, 0.4) is 0 Å². The fraction of sp³-hybridized carbons (Fsp3) is 0.414. The van der Waals surface area contributed by atoms with E-state index in [4.69, 9.17) is 14.9 Å². The minimum absolute atomic E-state index is 0.00282. The van der Waals surface area contributed by atoms with Gasteiger partial charge in [0.15, 0.2) is 23.0 Å². The summed E-state index contributed by atoms with van der Waals surface area (Å²) in [6.45, 7) is -0.370. The van der Waals surface area contributed by atoms with Gasteiger partial charge in [-0.05, 0) is 49.9 Å². The first-order chi connectivity index (χ1) is 20.6. The van der Waals surface area contributed by atoms with Crippen molar-refractivity contribution in [3.8, 4) is 23.0 Å². The molecule has 0 bridgehead atoms. The lowest BCUT2D eigenvalue weighted by Gasteiger charge is -2.34. The fourth-order valence-electron chi connectivity index (χ4n) is 4.57. The number of hydrogen-bond acceptors (Lipinski definition) is 7. The molecule has 2 fully saturated rings. The molecule has 2 aliphatic rings. The number of amides is 3. The van der Waals surface area contributed by atoms with Crippen molar-refractivity contribution in [1.82, 2.24) is 20.1 Å². The van der Waals surface area contributed by atoms with Crippen molar-refractivity contribution in [3.05, 3.63) is 65.1 Å². The number of halogens is 4. The van der Waals surface area contributed by atoms with Gasteiger partial charge in [0, 0.05) is 49.9 Å². The zero-order valence-corrected chi connectivity index (χ0v) is 23.3. The van der Waals surface area contributed by atoms with Crippen molar-refractivity contribution in [2.24, 2.45) is 11.7 Å². The van der Waals surface area contributed by atoms with Gasteiger partial charge in [0.2, 0.25) is 5.89 Å². The van der Waals surface area contributed by atoms with Crippen LogP contribution >= 0.6 is 0 Å². The maximum absolute atomic E-state index is 13.9. The number of nitrogens with one attached hydrogen (secondary N) is 1. The maximum atomic E-state index is 13.9. The van der Waals surface area contributed by atoms with E-state index in [1.165, 1.54) is 34.1 Å². The monoisotopic (exact) mass is 605 g/mol. The largest absolute Gasteiger partial charge is 0.489 e. The molecular weight excluding hydrogens is 574 g/mol. The van der Waals surface area contributed by atoms with Crippen LogP contribution in [0.2, 0.25) is 0 Å². The Morgan fingerprint density at radius 3 is 2.44 bits per heavy atom. The van der Waals surface area contributed by atoms with Gasteiger partial charge in [-0.1, -0.05) is 6.07 Å². The topological polar surface area (TPSA) is 123 Å². The number of rotatable bonds is 10. The van der Waals surface area contributed by atoms with E-state index in [0.717, 1.165) is 25.0 Å². The summed E-state index contributed by atoms with van der Waals surface area (Å²) in [5, 5.41) is 2.60. The van der Waals surface area contributed by atoms with Gasteiger partial charge < -0.3 is 34.7 Å². The minimum atomic E-state index is -3.03. The molecular formula is C29H31F4N5O5. The molecule has 2 aromatic carbocycles. The molecule has 1 aliphatic carbocycles. The maximum Gasteiger partial charge on any atom is 0.387 e. The first-order valence-electron chi connectivity index (χ1n) is 13.8. The van der Waals surface area contributed by atoms with Gasteiger partial charge in [-0.15, -0.1) is 0 Å². The SMILES string of the molecule is C[C@H](N)c1oc(-c2ccc(OC(F)F)c(OCC3CC3)c2)nc1C(=O)N1CCN(C(=O)NCc2ccc(F)cc2F)CC1. The molecule has 1 saturated heterocycles. The van der Waals surface area contributed by atoms with Crippen LogP contribution < -0.4 is 20.5 Å². The van der Waals surface area contributed by atoms with Crippen LogP contribution in [0, 0.1) is 17.6 Å². The molecule has 1 aliphatic heterocycles. The lowest BCUT2D eigenvalue weighted by Crippen LogP contribution is -2.53. The second-order valence-electron chi connectivity index (χ2n) is 10.5. The number of oxazole rings is 1. The number of nitrogens with zero attached hydrogens (tertiary/aromatic N) is 3. The van der Waals surface area contributed by atoms with Crippen LogP contribution in [0.1, 0.15) is 47.6 Å². The molecule has 230 valence electrons. The number of piperazine rings is 1. The summed E-state index contributed by atoms with van der Waals surface area (Å²) in [4.78, 5) is 33.5. The Morgan fingerprint density at radius 2 is 1.79 bits per heavy atom. The van der Waals surface area contributed by atoms with E-state index >= 15 is 0 Å². The van der Waals surface area contributed by atoms with Crippen molar-refractivity contribution in [1.29, 1.82) is 0 Å². The molecule has 3 N–H and O–H groups in total. The van der Waals surface area contributed by atoms with Crippen LogP contribution in [0.4, 0.5) is 22.4 Å². The number of nitrogens with two attached hydrogens (primary N) is 1. The van der Waals surface area contributed by atoms with Gasteiger partial charge in [-0.25, -0.2) is 18.6 Å². The quantitative estimate of drug-likeness (QED) is 0.321. The summed E-state index contributed by atoms with van der Waals surface area (Å²) in [5.74, 6) is -1.36. The Morgan fingerprint density at radius 1 is 1.07 bits per heavy atom. The highest BCUT2D eigenvalue weighted by molar-refractivity contribution is 5.94. The van der Waals surface area contributed by atoms with E-state index in [0.29, 0.717) is 18.1 Å². The average molecular weight is 606 g/mol. The van der Waals surface area contributed by atoms with Crippen LogP contribution in [0.5, 0.6) is 11.5 Å². The van der Waals surface area contributed by atoms with E-state index in [9.17, 15) is 27.2 Å². The minimum Gasteiger partial charge on any atom is -0.489 e. The third-order valence-corrected chi connectivity index (χ3v) is 7.15. The Balaban J connectivity index is 1.25.